The van der Waals surface area contributed by atoms with Crippen LogP contribution < -0.4 is 5.32 Å². The van der Waals surface area contributed by atoms with Gasteiger partial charge in [-0.15, -0.1) is 0 Å². The van der Waals surface area contributed by atoms with Crippen LogP contribution in [-0.4, -0.2) is 15.0 Å². The third-order valence-electron chi connectivity index (χ3n) is 3.21. The molecule has 0 fully saturated rings. The topological polar surface area (TPSA) is 53.6 Å². The second-order valence-electron chi connectivity index (χ2n) is 5.03. The molecule has 1 aromatic carbocycles. The van der Waals surface area contributed by atoms with Gasteiger partial charge in [0.05, 0.1) is 10.9 Å². The van der Waals surface area contributed by atoms with Crippen LogP contribution in [0.1, 0.15) is 17.1 Å². The maximum Gasteiger partial charge on any atom is 0.416 e. The fraction of sp³-hybridized carbons (Fsp3) is 0.200. The number of aromatic nitrogens is 3. The van der Waals surface area contributed by atoms with Crippen molar-refractivity contribution in [2.45, 2.75) is 20.0 Å². The van der Waals surface area contributed by atoms with Gasteiger partial charge in [-0.3, -0.25) is 0 Å². The van der Waals surface area contributed by atoms with Gasteiger partial charge < -0.3 is 10.3 Å². The first-order valence-electron chi connectivity index (χ1n) is 6.61. The van der Waals surface area contributed by atoms with E-state index in [1.54, 1.807) is 6.92 Å². The van der Waals surface area contributed by atoms with Crippen molar-refractivity contribution in [3.8, 4) is 0 Å². The van der Waals surface area contributed by atoms with Crippen molar-refractivity contribution in [2.24, 2.45) is 0 Å². The molecule has 3 rings (SSSR count). The lowest BCUT2D eigenvalue weighted by Crippen LogP contribution is -2.04. The molecule has 0 bridgehead atoms. The highest BCUT2D eigenvalue weighted by Gasteiger charge is 2.29. The predicted octanol–water partition coefficient (Wildman–Crippen LogP) is 4.34. The summed E-state index contributed by atoms with van der Waals surface area (Å²) < 4.78 is 37.7. The van der Waals surface area contributed by atoms with Gasteiger partial charge in [0.1, 0.15) is 17.3 Å². The molecule has 0 amide bonds. The lowest BCUT2D eigenvalue weighted by Gasteiger charge is -2.10. The number of hydrogen-bond donors (Lipinski definition) is 2. The molecule has 4 nitrogen and oxygen atoms in total. The predicted molar refractivity (Wildman–Crippen MR) is 78.1 cm³/mol. The van der Waals surface area contributed by atoms with Gasteiger partial charge >= 0.3 is 6.18 Å². The monoisotopic (exact) mass is 306 g/mol. The van der Waals surface area contributed by atoms with E-state index in [1.807, 2.05) is 13.0 Å². The Balaban J connectivity index is 1.96. The summed E-state index contributed by atoms with van der Waals surface area (Å²) in [6, 6.07) is 6.73. The van der Waals surface area contributed by atoms with Gasteiger partial charge in [0.15, 0.2) is 0 Å². The number of anilines is 2. The second kappa shape index (κ2) is 5.01. The number of aromatic amines is 1. The number of fused-ring (bicyclic) bond motifs is 1. The Labute approximate surface area is 124 Å². The number of nitrogens with zero attached hydrogens (tertiary/aromatic N) is 2. The summed E-state index contributed by atoms with van der Waals surface area (Å²) in [6.07, 6.45) is -4.34. The molecule has 2 N–H and O–H groups in total. The summed E-state index contributed by atoms with van der Waals surface area (Å²) in [5.74, 6) is 1.13. The van der Waals surface area contributed by atoms with Gasteiger partial charge in [0, 0.05) is 11.4 Å². The molecule has 22 heavy (non-hydrogen) atoms. The van der Waals surface area contributed by atoms with E-state index in [0.717, 1.165) is 23.2 Å². The van der Waals surface area contributed by atoms with Gasteiger partial charge in [0.2, 0.25) is 0 Å². The molecule has 3 aromatic rings. The summed E-state index contributed by atoms with van der Waals surface area (Å²) in [6.45, 7) is 3.66. The standard InChI is InChI=1S/C15H13F3N4/c1-8-7-12-13(19-8)20-9(2)21-14(12)22-11-5-3-10(4-6-11)15(16,17)18/h3-7H,1-2H3,(H2,19,20,21,22). The van der Waals surface area contributed by atoms with Crippen molar-refractivity contribution >= 4 is 22.5 Å². The Kier molecular flexibility index (Phi) is 3.27. The van der Waals surface area contributed by atoms with E-state index >= 15 is 0 Å². The minimum Gasteiger partial charge on any atom is -0.343 e. The number of hydrogen-bond acceptors (Lipinski definition) is 3. The molecule has 0 spiro atoms. The van der Waals surface area contributed by atoms with Crippen LogP contribution in [-0.2, 0) is 6.18 Å². The van der Waals surface area contributed by atoms with Crippen LogP contribution >= 0.6 is 0 Å². The van der Waals surface area contributed by atoms with Gasteiger partial charge in [-0.2, -0.15) is 13.2 Å². The summed E-state index contributed by atoms with van der Waals surface area (Å²) in [5, 5.41) is 3.84. The van der Waals surface area contributed by atoms with Crippen LogP contribution in [0.3, 0.4) is 0 Å². The Hall–Kier alpha value is -2.57. The lowest BCUT2D eigenvalue weighted by atomic mass is 10.2. The van der Waals surface area contributed by atoms with Crippen LogP contribution in [0.15, 0.2) is 30.3 Å². The van der Waals surface area contributed by atoms with Crippen molar-refractivity contribution in [1.29, 1.82) is 0 Å². The first-order chi connectivity index (χ1) is 10.3. The number of aryl methyl sites for hydroxylation is 2. The van der Waals surface area contributed by atoms with E-state index in [1.165, 1.54) is 12.1 Å². The van der Waals surface area contributed by atoms with Crippen molar-refractivity contribution in [3.05, 3.63) is 47.4 Å². The minimum atomic E-state index is -4.34. The third-order valence-corrected chi connectivity index (χ3v) is 3.21. The van der Waals surface area contributed by atoms with Gasteiger partial charge in [-0.05, 0) is 44.2 Å². The maximum absolute atomic E-state index is 12.6. The van der Waals surface area contributed by atoms with Crippen molar-refractivity contribution < 1.29 is 13.2 Å². The van der Waals surface area contributed by atoms with Crippen LogP contribution in [0.2, 0.25) is 0 Å². The van der Waals surface area contributed by atoms with Gasteiger partial charge in [-0.25, -0.2) is 9.97 Å². The fourth-order valence-corrected chi connectivity index (χ4v) is 2.23. The number of nitrogens with one attached hydrogen (secondary N) is 2. The number of rotatable bonds is 2. The van der Waals surface area contributed by atoms with Crippen molar-refractivity contribution in [1.82, 2.24) is 15.0 Å². The lowest BCUT2D eigenvalue weighted by molar-refractivity contribution is -0.137. The highest BCUT2D eigenvalue weighted by molar-refractivity contribution is 5.89. The quantitative estimate of drug-likeness (QED) is 0.740. The largest absolute Gasteiger partial charge is 0.416 e. The zero-order valence-corrected chi connectivity index (χ0v) is 11.9. The molecule has 0 aliphatic carbocycles. The van der Waals surface area contributed by atoms with Crippen LogP contribution in [0.5, 0.6) is 0 Å². The summed E-state index contributed by atoms with van der Waals surface area (Å²) >= 11 is 0. The Morgan fingerprint density at radius 3 is 2.36 bits per heavy atom. The molecule has 0 atom stereocenters. The first kappa shape index (κ1) is 14.4. The summed E-state index contributed by atoms with van der Waals surface area (Å²) in [5.41, 5.74) is 1.48. The van der Waals surface area contributed by atoms with Crippen LogP contribution in [0.25, 0.3) is 11.0 Å². The fourth-order valence-electron chi connectivity index (χ4n) is 2.23. The van der Waals surface area contributed by atoms with Crippen molar-refractivity contribution in [2.75, 3.05) is 5.32 Å². The Morgan fingerprint density at radius 1 is 1.05 bits per heavy atom. The third kappa shape index (κ3) is 2.74. The number of halogens is 3. The maximum atomic E-state index is 12.6. The SMILES string of the molecule is Cc1nc(Nc2ccc(C(F)(F)F)cc2)c2cc(C)[nH]c2n1. The highest BCUT2D eigenvalue weighted by atomic mass is 19.4. The molecular weight excluding hydrogens is 293 g/mol. The number of benzene rings is 1. The Morgan fingerprint density at radius 2 is 1.73 bits per heavy atom. The van der Waals surface area contributed by atoms with Crippen LogP contribution in [0.4, 0.5) is 24.7 Å². The molecule has 0 aliphatic rings. The molecule has 2 aromatic heterocycles. The Bertz CT molecular complexity index is 819. The second-order valence-corrected chi connectivity index (χ2v) is 5.03. The molecular formula is C15H13F3N4. The highest BCUT2D eigenvalue weighted by Crippen LogP contribution is 2.31. The summed E-state index contributed by atoms with van der Waals surface area (Å²) in [7, 11) is 0. The van der Waals surface area contributed by atoms with E-state index in [-0.39, 0.29) is 0 Å². The molecule has 114 valence electrons. The number of alkyl halides is 3. The van der Waals surface area contributed by atoms with E-state index in [9.17, 15) is 13.2 Å². The average Bonchev–Trinajstić information content (AvgIpc) is 2.78. The van der Waals surface area contributed by atoms with Gasteiger partial charge in [-0.1, -0.05) is 0 Å². The van der Waals surface area contributed by atoms with Crippen LogP contribution in [0, 0.1) is 13.8 Å². The molecule has 2 heterocycles. The van der Waals surface area contributed by atoms with E-state index in [2.05, 4.69) is 20.3 Å². The minimum absolute atomic E-state index is 0.534. The zero-order chi connectivity index (χ0) is 15.9. The number of H-pyrrole nitrogens is 1. The molecule has 0 saturated heterocycles. The zero-order valence-electron chi connectivity index (χ0n) is 11.9. The molecule has 0 aliphatic heterocycles. The van der Waals surface area contributed by atoms with E-state index in [0.29, 0.717) is 23.0 Å². The van der Waals surface area contributed by atoms with E-state index in [4.69, 9.17) is 0 Å². The molecule has 0 unspecified atom stereocenters. The van der Waals surface area contributed by atoms with Crippen molar-refractivity contribution in [3.63, 3.8) is 0 Å². The molecule has 0 saturated carbocycles. The molecule has 0 radical (unpaired) electrons. The molecule has 7 heteroatoms. The normalized spacial score (nSPS) is 11.9. The average molecular weight is 306 g/mol. The first-order valence-corrected chi connectivity index (χ1v) is 6.61. The van der Waals surface area contributed by atoms with Gasteiger partial charge in [0.25, 0.3) is 0 Å². The van der Waals surface area contributed by atoms with E-state index < -0.39 is 11.7 Å². The summed E-state index contributed by atoms with van der Waals surface area (Å²) in [4.78, 5) is 11.7. The smallest absolute Gasteiger partial charge is 0.343 e.